The molecule has 5 rings (SSSR count). The quantitative estimate of drug-likeness (QED) is 0.883. The zero-order valence-corrected chi connectivity index (χ0v) is 12.4. The van der Waals surface area contributed by atoms with E-state index in [9.17, 15) is 9.59 Å². The van der Waals surface area contributed by atoms with Crippen molar-refractivity contribution in [3.63, 3.8) is 0 Å². The molecular weight excluding hydrogens is 282 g/mol. The van der Waals surface area contributed by atoms with E-state index in [0.717, 1.165) is 11.8 Å². The highest BCUT2D eigenvalue weighted by atomic mass is 16.4. The van der Waals surface area contributed by atoms with Gasteiger partial charge in [0.2, 0.25) is 0 Å². The molecule has 6 nitrogen and oxygen atoms in total. The SMILES string of the molecule is O=C(O)Cn1cc(C(=O)NC2C3CC4CC(C3)CC2C4)cn1. The third kappa shape index (κ3) is 2.40. The Balaban J connectivity index is 1.43. The lowest BCUT2D eigenvalue weighted by molar-refractivity contribution is -0.137. The standard InChI is InChI=1S/C16H21N3O3/c20-14(21)8-19-7-13(6-17-19)16(22)18-15-11-2-9-1-10(4-11)5-12(15)3-9/h6-7,9-12,15H,1-5,8H2,(H,18,22)(H,20,21). The van der Waals surface area contributed by atoms with Crippen LogP contribution >= 0.6 is 0 Å². The number of aliphatic carboxylic acids is 1. The summed E-state index contributed by atoms with van der Waals surface area (Å²) < 4.78 is 1.29. The van der Waals surface area contributed by atoms with Gasteiger partial charge in [-0.1, -0.05) is 0 Å². The minimum absolute atomic E-state index is 0.117. The van der Waals surface area contributed by atoms with Crippen molar-refractivity contribution < 1.29 is 14.7 Å². The maximum absolute atomic E-state index is 12.4. The number of carbonyl (C=O) groups is 2. The fourth-order valence-electron chi connectivity index (χ4n) is 5.10. The molecule has 1 aromatic heterocycles. The van der Waals surface area contributed by atoms with Crippen molar-refractivity contribution in [2.24, 2.45) is 23.7 Å². The number of carboxylic acid groups (broad SMARTS) is 1. The first-order valence-corrected chi connectivity index (χ1v) is 8.13. The monoisotopic (exact) mass is 303 g/mol. The lowest BCUT2D eigenvalue weighted by atomic mass is 9.54. The zero-order valence-electron chi connectivity index (χ0n) is 12.4. The van der Waals surface area contributed by atoms with Crippen LogP contribution in [-0.2, 0) is 11.3 Å². The molecule has 1 heterocycles. The zero-order chi connectivity index (χ0) is 15.3. The maximum Gasteiger partial charge on any atom is 0.325 e. The Morgan fingerprint density at radius 3 is 2.41 bits per heavy atom. The van der Waals surface area contributed by atoms with Crippen molar-refractivity contribution in [3.8, 4) is 0 Å². The van der Waals surface area contributed by atoms with Crippen molar-refractivity contribution in [2.75, 3.05) is 0 Å². The van der Waals surface area contributed by atoms with Crippen LogP contribution in [0.2, 0.25) is 0 Å². The topological polar surface area (TPSA) is 84.2 Å². The predicted octanol–water partition coefficient (Wildman–Crippen LogP) is 1.52. The first-order valence-electron chi connectivity index (χ1n) is 8.13. The number of carbonyl (C=O) groups excluding carboxylic acids is 1. The number of carboxylic acids is 1. The minimum atomic E-state index is -0.962. The van der Waals surface area contributed by atoms with Crippen LogP contribution in [0.15, 0.2) is 12.4 Å². The van der Waals surface area contributed by atoms with Gasteiger partial charge in [0.15, 0.2) is 0 Å². The van der Waals surface area contributed by atoms with Crippen molar-refractivity contribution in [2.45, 2.75) is 44.7 Å². The first kappa shape index (κ1) is 13.8. The number of aromatic nitrogens is 2. The second-order valence-corrected chi connectivity index (χ2v) is 7.25. The Bertz CT molecular complexity index is 582. The number of nitrogens with zero attached hydrogens (tertiary/aromatic N) is 2. The summed E-state index contributed by atoms with van der Waals surface area (Å²) >= 11 is 0. The van der Waals surface area contributed by atoms with Gasteiger partial charge in [-0.3, -0.25) is 14.3 Å². The van der Waals surface area contributed by atoms with Gasteiger partial charge in [0.25, 0.3) is 5.91 Å². The molecule has 0 aromatic carbocycles. The third-order valence-corrected chi connectivity index (χ3v) is 5.72. The van der Waals surface area contributed by atoms with Crippen molar-refractivity contribution in [1.82, 2.24) is 15.1 Å². The van der Waals surface area contributed by atoms with Crippen LogP contribution in [0, 0.1) is 23.7 Å². The number of hydrogen-bond acceptors (Lipinski definition) is 3. The minimum Gasteiger partial charge on any atom is -0.480 e. The van der Waals surface area contributed by atoms with Gasteiger partial charge >= 0.3 is 5.97 Å². The van der Waals surface area contributed by atoms with Gasteiger partial charge in [0, 0.05) is 12.2 Å². The Hall–Kier alpha value is -1.85. The van der Waals surface area contributed by atoms with Gasteiger partial charge in [-0.15, -0.1) is 0 Å². The van der Waals surface area contributed by atoms with Crippen LogP contribution in [-0.4, -0.2) is 32.8 Å². The van der Waals surface area contributed by atoms with Gasteiger partial charge in [-0.2, -0.15) is 5.10 Å². The van der Waals surface area contributed by atoms with Gasteiger partial charge in [-0.25, -0.2) is 0 Å². The lowest BCUT2D eigenvalue weighted by Crippen LogP contribution is -2.55. The smallest absolute Gasteiger partial charge is 0.325 e. The van der Waals surface area contributed by atoms with Crippen LogP contribution in [0.3, 0.4) is 0 Å². The molecule has 2 N–H and O–H groups in total. The van der Waals surface area contributed by atoms with Crippen molar-refractivity contribution in [1.29, 1.82) is 0 Å². The fourth-order valence-corrected chi connectivity index (χ4v) is 5.10. The van der Waals surface area contributed by atoms with E-state index in [1.165, 1.54) is 49.2 Å². The normalized spacial score (nSPS) is 35.5. The molecule has 6 heteroatoms. The maximum atomic E-state index is 12.4. The van der Waals surface area contributed by atoms with Gasteiger partial charge in [0.1, 0.15) is 6.54 Å². The van der Waals surface area contributed by atoms with Crippen molar-refractivity contribution >= 4 is 11.9 Å². The van der Waals surface area contributed by atoms with Gasteiger partial charge < -0.3 is 10.4 Å². The van der Waals surface area contributed by atoms with E-state index >= 15 is 0 Å². The van der Waals surface area contributed by atoms with Gasteiger partial charge in [0.05, 0.1) is 11.8 Å². The Labute approximate surface area is 128 Å². The van der Waals surface area contributed by atoms with E-state index < -0.39 is 5.97 Å². The first-order chi connectivity index (χ1) is 10.6. The largest absolute Gasteiger partial charge is 0.480 e. The summed E-state index contributed by atoms with van der Waals surface area (Å²) in [5, 5.41) is 15.9. The highest BCUT2D eigenvalue weighted by molar-refractivity contribution is 5.94. The predicted molar refractivity (Wildman–Crippen MR) is 78.2 cm³/mol. The van der Waals surface area contributed by atoms with E-state index in [4.69, 9.17) is 5.11 Å². The van der Waals surface area contributed by atoms with Crippen LogP contribution < -0.4 is 5.32 Å². The van der Waals surface area contributed by atoms with Gasteiger partial charge in [-0.05, 0) is 55.8 Å². The molecule has 4 bridgehead atoms. The molecule has 22 heavy (non-hydrogen) atoms. The van der Waals surface area contributed by atoms with Crippen LogP contribution in [0.4, 0.5) is 0 Å². The highest BCUT2D eigenvalue weighted by Gasteiger charge is 2.48. The van der Waals surface area contributed by atoms with E-state index in [0.29, 0.717) is 23.4 Å². The number of hydrogen-bond donors (Lipinski definition) is 2. The molecule has 0 spiro atoms. The van der Waals surface area contributed by atoms with E-state index in [-0.39, 0.29) is 12.5 Å². The summed E-state index contributed by atoms with van der Waals surface area (Å²) in [6.07, 6.45) is 9.41. The van der Waals surface area contributed by atoms with Crippen LogP contribution in [0.1, 0.15) is 42.5 Å². The molecule has 4 fully saturated rings. The second-order valence-electron chi connectivity index (χ2n) is 7.25. The molecule has 1 amide bonds. The average molecular weight is 303 g/mol. The third-order valence-electron chi connectivity index (χ3n) is 5.72. The highest BCUT2D eigenvalue weighted by Crippen LogP contribution is 2.53. The number of rotatable bonds is 4. The van der Waals surface area contributed by atoms with E-state index in [2.05, 4.69) is 10.4 Å². The number of nitrogens with one attached hydrogen (secondary N) is 1. The summed E-state index contributed by atoms with van der Waals surface area (Å²) in [5.41, 5.74) is 0.454. The number of amides is 1. The summed E-state index contributed by atoms with van der Waals surface area (Å²) in [4.78, 5) is 23.1. The molecule has 4 aliphatic rings. The summed E-state index contributed by atoms with van der Waals surface area (Å²) in [5.74, 6) is 1.96. The molecule has 0 saturated heterocycles. The molecule has 0 atom stereocenters. The van der Waals surface area contributed by atoms with Crippen LogP contribution in [0.25, 0.3) is 0 Å². The van der Waals surface area contributed by atoms with Crippen LogP contribution in [0.5, 0.6) is 0 Å². The summed E-state index contributed by atoms with van der Waals surface area (Å²) in [6, 6.07) is 0.295. The lowest BCUT2D eigenvalue weighted by Gasteiger charge is -2.54. The Morgan fingerprint density at radius 2 is 1.82 bits per heavy atom. The van der Waals surface area contributed by atoms with E-state index in [1.54, 1.807) is 0 Å². The average Bonchev–Trinajstić information content (AvgIpc) is 2.89. The van der Waals surface area contributed by atoms with E-state index in [1.807, 2.05) is 0 Å². The molecule has 4 aliphatic carbocycles. The van der Waals surface area contributed by atoms with Crippen molar-refractivity contribution in [3.05, 3.63) is 18.0 Å². The molecule has 4 saturated carbocycles. The fraction of sp³-hybridized carbons (Fsp3) is 0.688. The second kappa shape index (κ2) is 5.11. The Morgan fingerprint density at radius 1 is 1.18 bits per heavy atom. The molecule has 0 unspecified atom stereocenters. The summed E-state index contributed by atoms with van der Waals surface area (Å²) in [6.45, 7) is -0.217. The molecular formula is C16H21N3O3. The summed E-state index contributed by atoms with van der Waals surface area (Å²) in [7, 11) is 0. The molecule has 118 valence electrons. The molecule has 1 aromatic rings. The molecule has 0 aliphatic heterocycles. The molecule has 0 radical (unpaired) electrons. The Kier molecular flexibility index (Phi) is 3.20.